The van der Waals surface area contributed by atoms with E-state index in [1.165, 1.54) is 4.57 Å². The molecule has 0 atom stereocenters. The minimum absolute atomic E-state index is 0.388. The normalized spacial score (nSPS) is 9.40. The van der Waals surface area contributed by atoms with E-state index < -0.39 is 0 Å². The first-order valence-electron chi connectivity index (χ1n) is 2.60. The van der Waals surface area contributed by atoms with Crippen molar-refractivity contribution in [2.75, 3.05) is 0 Å². The fourth-order valence-electron chi connectivity index (χ4n) is 0.598. The van der Waals surface area contributed by atoms with Crippen LogP contribution >= 0.6 is 23.0 Å². The van der Waals surface area contributed by atoms with Crippen molar-refractivity contribution in [3.8, 4) is 0 Å². The Hall–Kier alpha value is -0.590. The zero-order chi connectivity index (χ0) is 7.56. The number of hydrogen-bond acceptors (Lipinski definition) is 2. The molecule has 0 fully saturated rings. The van der Waals surface area contributed by atoms with E-state index in [1.807, 2.05) is 7.05 Å². The van der Waals surface area contributed by atoms with Gasteiger partial charge in [-0.2, -0.15) is 4.79 Å². The molecule has 0 saturated heterocycles. The molecule has 0 aromatic carbocycles. The van der Waals surface area contributed by atoms with Crippen LogP contribution in [0.5, 0.6) is 0 Å². The summed E-state index contributed by atoms with van der Waals surface area (Å²) in [6.45, 7) is 0. The lowest BCUT2D eigenvalue weighted by Crippen LogP contribution is -2.24. The van der Waals surface area contributed by atoms with Crippen LogP contribution in [-0.4, -0.2) is 10.7 Å². The van der Waals surface area contributed by atoms with E-state index in [-0.39, 0.29) is 6.09 Å². The molecule has 0 aliphatic rings. The van der Waals surface area contributed by atoms with Gasteiger partial charge in [0.05, 0.1) is 7.05 Å². The molecule has 54 valence electrons. The molecule has 5 heteroatoms. The lowest BCUT2D eigenvalue weighted by Gasteiger charge is -1.85. The van der Waals surface area contributed by atoms with E-state index in [9.17, 15) is 4.79 Å². The first-order chi connectivity index (χ1) is 4.74. The Bertz CT molecular complexity index is 246. The maximum Gasteiger partial charge on any atom is 0.521 e. The van der Waals surface area contributed by atoms with E-state index in [0.717, 1.165) is 0 Å². The first-order valence-corrected chi connectivity index (χ1v) is 3.48. The Balaban J connectivity index is 2.85. The molecule has 0 aliphatic heterocycles. The predicted molar refractivity (Wildman–Crippen MR) is 41.5 cm³/mol. The van der Waals surface area contributed by atoms with E-state index in [4.69, 9.17) is 0 Å². The second-order valence-electron chi connectivity index (χ2n) is 1.83. The maximum atomic E-state index is 10.7. The average molecular weight is 253 g/mol. The summed E-state index contributed by atoms with van der Waals surface area (Å²) in [4.78, 5) is 10.7. The van der Waals surface area contributed by atoms with Gasteiger partial charge in [0.2, 0.25) is 23.0 Å². The summed E-state index contributed by atoms with van der Waals surface area (Å²) in [5.74, 6) is 0. The van der Waals surface area contributed by atoms with Gasteiger partial charge in [0.1, 0.15) is 12.4 Å². The number of carbonyl (C=O) groups excluding carboxylic acids is 1. The minimum Gasteiger partial charge on any atom is -0.360 e. The third-order valence-electron chi connectivity index (χ3n) is 1.05. The van der Waals surface area contributed by atoms with Gasteiger partial charge in [-0.1, -0.05) is 0 Å². The number of imidazole rings is 1. The Morgan fingerprint density at radius 1 is 1.80 bits per heavy atom. The molecule has 0 radical (unpaired) electrons. The van der Waals surface area contributed by atoms with E-state index >= 15 is 0 Å². The van der Waals surface area contributed by atoms with Gasteiger partial charge in [0, 0.05) is 0 Å². The number of nitrogens with zero attached hydrogens (tertiary/aromatic N) is 2. The summed E-state index contributed by atoms with van der Waals surface area (Å²) in [7, 11) is 1.83. The number of rotatable bonds is 0. The van der Waals surface area contributed by atoms with E-state index in [2.05, 4.69) is 3.07 Å². The molecule has 0 saturated carbocycles. The quantitative estimate of drug-likeness (QED) is 0.502. The Morgan fingerprint density at radius 3 is 2.90 bits per heavy atom. The Labute approximate surface area is 72.1 Å². The van der Waals surface area contributed by atoms with Crippen LogP contribution in [0.15, 0.2) is 18.7 Å². The largest absolute Gasteiger partial charge is 0.521 e. The zero-order valence-electron chi connectivity index (χ0n) is 5.32. The van der Waals surface area contributed by atoms with Crippen molar-refractivity contribution in [2.45, 2.75) is 0 Å². The van der Waals surface area contributed by atoms with Gasteiger partial charge in [-0.15, -0.1) is 4.57 Å². The molecule has 1 rings (SSSR count). The van der Waals surface area contributed by atoms with Gasteiger partial charge in [0.15, 0.2) is 0 Å². The van der Waals surface area contributed by atoms with Gasteiger partial charge < -0.3 is 3.07 Å². The molecule has 0 aliphatic carbocycles. The van der Waals surface area contributed by atoms with Crippen molar-refractivity contribution in [2.24, 2.45) is 7.05 Å². The van der Waals surface area contributed by atoms with Crippen molar-refractivity contribution in [3.05, 3.63) is 18.7 Å². The SMILES string of the molecule is C[n+]1ccn(C(=O)OI)c1. The van der Waals surface area contributed by atoms with Crippen LogP contribution in [0.1, 0.15) is 0 Å². The maximum absolute atomic E-state index is 10.7. The third-order valence-corrected chi connectivity index (χ3v) is 1.42. The Morgan fingerprint density at radius 2 is 2.50 bits per heavy atom. The molecule has 1 aromatic heterocycles. The van der Waals surface area contributed by atoms with Crippen molar-refractivity contribution in [1.29, 1.82) is 0 Å². The topological polar surface area (TPSA) is 35.1 Å². The van der Waals surface area contributed by atoms with Crippen LogP contribution < -0.4 is 4.57 Å². The summed E-state index contributed by atoms with van der Waals surface area (Å²) in [5, 5.41) is 0. The van der Waals surface area contributed by atoms with Crippen molar-refractivity contribution in [1.82, 2.24) is 4.57 Å². The highest BCUT2D eigenvalue weighted by atomic mass is 127. The van der Waals surface area contributed by atoms with Crippen molar-refractivity contribution in [3.63, 3.8) is 0 Å². The number of aryl methyl sites for hydroxylation is 1. The van der Waals surface area contributed by atoms with Crippen LogP contribution in [0.25, 0.3) is 0 Å². The number of aromatic nitrogens is 2. The fourth-order valence-corrected chi connectivity index (χ4v) is 0.825. The highest BCUT2D eigenvalue weighted by Crippen LogP contribution is 1.92. The monoisotopic (exact) mass is 253 g/mol. The second-order valence-corrected chi connectivity index (χ2v) is 2.27. The van der Waals surface area contributed by atoms with Gasteiger partial charge >= 0.3 is 6.09 Å². The molecule has 4 nitrogen and oxygen atoms in total. The summed E-state index contributed by atoms with van der Waals surface area (Å²) < 4.78 is 7.54. The highest BCUT2D eigenvalue weighted by Gasteiger charge is 2.10. The molecule has 10 heavy (non-hydrogen) atoms. The fraction of sp³-hybridized carbons (Fsp3) is 0.200. The van der Waals surface area contributed by atoms with Crippen LogP contribution in [0.3, 0.4) is 0 Å². The molecule has 0 unspecified atom stereocenters. The molecule has 1 aromatic rings. The average Bonchev–Trinajstić information content (AvgIpc) is 2.34. The van der Waals surface area contributed by atoms with Gasteiger partial charge in [-0.3, -0.25) is 0 Å². The summed E-state index contributed by atoms with van der Waals surface area (Å²) in [6.07, 6.45) is 4.62. The van der Waals surface area contributed by atoms with Crippen LogP contribution in [0.2, 0.25) is 0 Å². The number of carbonyl (C=O) groups is 1. The smallest absolute Gasteiger partial charge is 0.360 e. The summed E-state index contributed by atoms with van der Waals surface area (Å²) in [5.41, 5.74) is 0. The van der Waals surface area contributed by atoms with Gasteiger partial charge in [0.25, 0.3) is 6.33 Å². The molecular formula is C5H6IN2O2+. The third kappa shape index (κ3) is 1.47. The van der Waals surface area contributed by atoms with Crippen LogP contribution in [-0.2, 0) is 10.1 Å². The van der Waals surface area contributed by atoms with Gasteiger partial charge in [-0.25, -0.2) is 4.57 Å². The Kier molecular flexibility index (Phi) is 2.25. The summed E-state index contributed by atoms with van der Waals surface area (Å²) in [6, 6.07) is 0. The highest BCUT2D eigenvalue weighted by molar-refractivity contribution is 14.1. The number of halogens is 1. The molecular weight excluding hydrogens is 247 g/mol. The molecule has 0 bridgehead atoms. The zero-order valence-corrected chi connectivity index (χ0v) is 7.48. The predicted octanol–water partition coefficient (Wildman–Crippen LogP) is 0.647. The van der Waals surface area contributed by atoms with Crippen LogP contribution in [0, 0.1) is 0 Å². The van der Waals surface area contributed by atoms with Crippen LogP contribution in [0.4, 0.5) is 4.79 Å². The summed E-state index contributed by atoms with van der Waals surface area (Å²) >= 11 is 1.55. The van der Waals surface area contributed by atoms with E-state index in [1.54, 1.807) is 46.3 Å². The van der Waals surface area contributed by atoms with E-state index in [0.29, 0.717) is 0 Å². The molecule has 0 N–H and O–H groups in total. The first kappa shape index (κ1) is 7.52. The standard InChI is InChI=1S/C5H6IN2O2/c1-7-2-3-8(4-7)5(9)10-6/h2-4H,1H3/q+1. The molecule has 0 amide bonds. The lowest BCUT2D eigenvalue weighted by atomic mass is 10.9. The molecule has 0 spiro atoms. The van der Waals surface area contributed by atoms with Crippen molar-refractivity contribution < 1.29 is 12.4 Å². The second kappa shape index (κ2) is 3.00. The van der Waals surface area contributed by atoms with Crippen molar-refractivity contribution >= 4 is 29.1 Å². The minimum atomic E-state index is -0.388. The number of hydrogen-bond donors (Lipinski definition) is 0. The lowest BCUT2D eigenvalue weighted by molar-refractivity contribution is -0.670. The molecule has 1 heterocycles. The van der Waals surface area contributed by atoms with Gasteiger partial charge in [-0.05, 0) is 0 Å².